The van der Waals surface area contributed by atoms with Gasteiger partial charge in [-0.1, -0.05) is 52.0 Å². The Kier molecular flexibility index (Phi) is 10.6. The summed E-state index contributed by atoms with van der Waals surface area (Å²) in [6.45, 7) is 13.3. The standard InChI is InChI=1S/C33H44O8/c1-5-32(21-38-22-32)19-36-17-15-29(34)40-27-11-7-25(8-12-27)31(3,4)26-9-13-28(14-10-26)41-30(35)16-18-37-20-33(6-2)23-39-24-33/h7-14H,5-6,15-24H2,1-4H3. The minimum absolute atomic E-state index is 0.107. The molecule has 4 rings (SSSR count). The van der Waals surface area contributed by atoms with Crippen molar-refractivity contribution in [2.75, 3.05) is 52.9 Å². The molecular formula is C33H44O8. The summed E-state index contributed by atoms with van der Waals surface area (Å²) >= 11 is 0. The molecule has 0 bridgehead atoms. The van der Waals surface area contributed by atoms with Crippen molar-refractivity contribution >= 4 is 11.9 Å². The van der Waals surface area contributed by atoms with E-state index in [2.05, 4.69) is 27.7 Å². The van der Waals surface area contributed by atoms with E-state index in [1.54, 1.807) is 0 Å². The van der Waals surface area contributed by atoms with Gasteiger partial charge in [-0.25, -0.2) is 0 Å². The van der Waals surface area contributed by atoms with Gasteiger partial charge < -0.3 is 28.4 Å². The van der Waals surface area contributed by atoms with Gasteiger partial charge in [-0.05, 0) is 48.2 Å². The molecule has 2 aromatic carbocycles. The first-order valence-electron chi connectivity index (χ1n) is 14.6. The maximum atomic E-state index is 12.3. The van der Waals surface area contributed by atoms with Crippen LogP contribution in [0.25, 0.3) is 0 Å². The summed E-state index contributed by atoms with van der Waals surface area (Å²) in [4.78, 5) is 24.5. The maximum Gasteiger partial charge on any atom is 0.313 e. The van der Waals surface area contributed by atoms with Crippen molar-refractivity contribution in [2.24, 2.45) is 10.8 Å². The number of carbonyl (C=O) groups is 2. The van der Waals surface area contributed by atoms with Gasteiger partial charge in [0.15, 0.2) is 0 Å². The molecule has 2 fully saturated rings. The van der Waals surface area contributed by atoms with Gasteiger partial charge in [0, 0.05) is 16.2 Å². The highest BCUT2D eigenvalue weighted by Gasteiger charge is 2.37. The number of benzene rings is 2. The summed E-state index contributed by atoms with van der Waals surface area (Å²) in [5, 5.41) is 0. The predicted octanol–water partition coefficient (Wildman–Crippen LogP) is 5.49. The molecule has 2 aliphatic heterocycles. The number of esters is 2. The van der Waals surface area contributed by atoms with Crippen LogP contribution in [-0.2, 0) is 34.0 Å². The SMILES string of the molecule is CCC1(COCCC(=O)Oc2ccc(C(C)(C)c3ccc(OC(=O)CCOCC4(CC)COC4)cc3)cc2)COC1. The number of rotatable bonds is 16. The Morgan fingerprint density at radius 3 is 1.34 bits per heavy atom. The van der Waals surface area contributed by atoms with Gasteiger partial charge in [0.2, 0.25) is 0 Å². The molecule has 2 aliphatic rings. The van der Waals surface area contributed by atoms with E-state index >= 15 is 0 Å². The Morgan fingerprint density at radius 1 is 0.683 bits per heavy atom. The topological polar surface area (TPSA) is 89.5 Å². The van der Waals surface area contributed by atoms with Gasteiger partial charge in [-0.15, -0.1) is 0 Å². The van der Waals surface area contributed by atoms with Crippen LogP contribution in [0.2, 0.25) is 0 Å². The zero-order chi connectivity index (χ0) is 29.3. The third-order valence-electron chi connectivity index (χ3n) is 8.47. The first kappa shape index (κ1) is 31.2. The lowest BCUT2D eigenvalue weighted by Crippen LogP contribution is -2.45. The molecule has 0 amide bonds. The Bertz CT molecular complexity index is 1030. The highest BCUT2D eigenvalue weighted by Crippen LogP contribution is 2.34. The lowest BCUT2D eigenvalue weighted by Gasteiger charge is -2.40. The van der Waals surface area contributed by atoms with Crippen LogP contribution >= 0.6 is 0 Å². The monoisotopic (exact) mass is 568 g/mol. The van der Waals surface area contributed by atoms with Crippen LogP contribution in [0.1, 0.15) is 64.5 Å². The van der Waals surface area contributed by atoms with E-state index < -0.39 is 0 Å². The molecule has 0 aromatic heterocycles. The Hall–Kier alpha value is -2.78. The fourth-order valence-electron chi connectivity index (χ4n) is 4.86. The van der Waals surface area contributed by atoms with E-state index in [-0.39, 0.29) is 41.0 Å². The number of hydrogen-bond acceptors (Lipinski definition) is 8. The van der Waals surface area contributed by atoms with Gasteiger partial charge in [-0.2, -0.15) is 0 Å². The van der Waals surface area contributed by atoms with Crippen LogP contribution in [0, 0.1) is 10.8 Å². The number of ether oxygens (including phenoxy) is 6. The van der Waals surface area contributed by atoms with Gasteiger partial charge in [-0.3, -0.25) is 9.59 Å². The molecule has 8 nitrogen and oxygen atoms in total. The van der Waals surface area contributed by atoms with Crippen molar-refractivity contribution in [1.82, 2.24) is 0 Å². The van der Waals surface area contributed by atoms with E-state index in [1.165, 1.54) is 0 Å². The summed E-state index contributed by atoms with van der Waals surface area (Å²) in [5.41, 5.74) is 2.04. The van der Waals surface area contributed by atoms with Crippen LogP contribution in [0.5, 0.6) is 11.5 Å². The average Bonchev–Trinajstić information content (AvgIpc) is 2.92. The fourth-order valence-corrected chi connectivity index (χ4v) is 4.86. The molecule has 0 unspecified atom stereocenters. The number of carbonyl (C=O) groups excluding carboxylic acids is 2. The van der Waals surface area contributed by atoms with Crippen LogP contribution in [0.15, 0.2) is 48.5 Å². The Labute approximate surface area is 243 Å². The molecule has 0 aliphatic carbocycles. The second-order valence-electron chi connectivity index (χ2n) is 11.9. The van der Waals surface area contributed by atoms with E-state index in [9.17, 15) is 9.59 Å². The molecule has 0 atom stereocenters. The Morgan fingerprint density at radius 2 is 1.05 bits per heavy atom. The lowest BCUT2D eigenvalue weighted by atomic mass is 9.78. The second kappa shape index (κ2) is 13.9. The highest BCUT2D eigenvalue weighted by molar-refractivity contribution is 5.73. The third-order valence-corrected chi connectivity index (χ3v) is 8.47. The van der Waals surface area contributed by atoms with Gasteiger partial charge in [0.1, 0.15) is 11.5 Å². The van der Waals surface area contributed by atoms with Gasteiger partial charge in [0.05, 0.1) is 65.7 Å². The molecular weight excluding hydrogens is 524 g/mol. The minimum Gasteiger partial charge on any atom is -0.426 e. The molecule has 0 saturated carbocycles. The van der Waals surface area contributed by atoms with E-state index in [1.807, 2.05) is 48.5 Å². The summed E-state index contributed by atoms with van der Waals surface area (Å²) < 4.78 is 33.0. The molecule has 2 aromatic rings. The third kappa shape index (κ3) is 8.16. The molecule has 2 heterocycles. The lowest BCUT2D eigenvalue weighted by molar-refractivity contribution is -0.153. The van der Waals surface area contributed by atoms with Crippen molar-refractivity contribution in [3.63, 3.8) is 0 Å². The molecule has 41 heavy (non-hydrogen) atoms. The summed E-state index contributed by atoms with van der Waals surface area (Å²) in [5.74, 6) is 0.372. The van der Waals surface area contributed by atoms with Crippen molar-refractivity contribution in [3.8, 4) is 11.5 Å². The average molecular weight is 569 g/mol. The van der Waals surface area contributed by atoms with Crippen molar-refractivity contribution in [3.05, 3.63) is 59.7 Å². The van der Waals surface area contributed by atoms with Crippen LogP contribution in [0.4, 0.5) is 0 Å². The molecule has 0 radical (unpaired) electrons. The van der Waals surface area contributed by atoms with Gasteiger partial charge in [0.25, 0.3) is 0 Å². The summed E-state index contributed by atoms with van der Waals surface area (Å²) in [6, 6.07) is 15.1. The summed E-state index contributed by atoms with van der Waals surface area (Å²) in [6.07, 6.45) is 2.41. The van der Waals surface area contributed by atoms with E-state index in [0.717, 1.165) is 50.4 Å². The normalized spacial score (nSPS) is 17.3. The molecule has 8 heteroatoms. The molecule has 224 valence electrons. The van der Waals surface area contributed by atoms with Crippen LogP contribution in [0.3, 0.4) is 0 Å². The first-order chi connectivity index (χ1) is 19.7. The fraction of sp³-hybridized carbons (Fsp3) is 0.576. The minimum atomic E-state index is -0.318. The Balaban J connectivity index is 1.20. The number of hydrogen-bond donors (Lipinski definition) is 0. The largest absolute Gasteiger partial charge is 0.426 e. The van der Waals surface area contributed by atoms with Gasteiger partial charge >= 0.3 is 11.9 Å². The quantitative estimate of drug-likeness (QED) is 0.149. The highest BCUT2D eigenvalue weighted by atomic mass is 16.5. The zero-order valence-electron chi connectivity index (χ0n) is 24.9. The smallest absolute Gasteiger partial charge is 0.313 e. The molecule has 0 spiro atoms. The maximum absolute atomic E-state index is 12.3. The zero-order valence-corrected chi connectivity index (χ0v) is 24.9. The van der Waals surface area contributed by atoms with E-state index in [0.29, 0.717) is 37.9 Å². The van der Waals surface area contributed by atoms with Crippen molar-refractivity contribution in [1.29, 1.82) is 0 Å². The molecule has 0 N–H and O–H groups in total. The van der Waals surface area contributed by atoms with Crippen molar-refractivity contribution < 1.29 is 38.0 Å². The first-order valence-corrected chi connectivity index (χ1v) is 14.6. The second-order valence-corrected chi connectivity index (χ2v) is 11.9. The van der Waals surface area contributed by atoms with Crippen LogP contribution < -0.4 is 9.47 Å². The van der Waals surface area contributed by atoms with E-state index in [4.69, 9.17) is 28.4 Å². The summed E-state index contributed by atoms with van der Waals surface area (Å²) in [7, 11) is 0. The molecule has 2 saturated heterocycles. The predicted molar refractivity (Wildman–Crippen MR) is 154 cm³/mol. The van der Waals surface area contributed by atoms with Crippen LogP contribution in [-0.4, -0.2) is 64.8 Å². The van der Waals surface area contributed by atoms with Crippen molar-refractivity contribution in [2.45, 2.75) is 58.8 Å².